The Bertz CT molecular complexity index is 381. The SMILES string of the molecule is COc1ccc(F)cc1C(N)CCC(=O)O. The van der Waals surface area contributed by atoms with Crippen LogP contribution in [-0.4, -0.2) is 18.2 Å². The molecular formula is C11H14FNO3. The van der Waals surface area contributed by atoms with Crippen molar-refractivity contribution in [2.24, 2.45) is 5.73 Å². The third-order valence-electron chi connectivity index (χ3n) is 2.26. The Kier molecular flexibility index (Phi) is 4.25. The summed E-state index contributed by atoms with van der Waals surface area (Å²) in [4.78, 5) is 10.4. The summed E-state index contributed by atoms with van der Waals surface area (Å²) >= 11 is 0. The van der Waals surface area contributed by atoms with Gasteiger partial charge in [-0.3, -0.25) is 4.79 Å². The highest BCUT2D eigenvalue weighted by atomic mass is 19.1. The lowest BCUT2D eigenvalue weighted by atomic mass is 10.0. The van der Waals surface area contributed by atoms with Crippen molar-refractivity contribution in [2.75, 3.05) is 7.11 Å². The molecule has 5 heteroatoms. The average Bonchev–Trinajstić information content (AvgIpc) is 2.25. The molecule has 0 aliphatic rings. The van der Waals surface area contributed by atoms with Gasteiger partial charge in [-0.2, -0.15) is 0 Å². The molecule has 0 spiro atoms. The highest BCUT2D eigenvalue weighted by Crippen LogP contribution is 2.27. The van der Waals surface area contributed by atoms with E-state index in [2.05, 4.69) is 0 Å². The zero-order valence-electron chi connectivity index (χ0n) is 8.94. The van der Waals surface area contributed by atoms with Crippen molar-refractivity contribution < 1.29 is 19.0 Å². The number of halogens is 1. The van der Waals surface area contributed by atoms with Crippen LogP contribution in [0.1, 0.15) is 24.4 Å². The van der Waals surface area contributed by atoms with Gasteiger partial charge in [0.1, 0.15) is 11.6 Å². The monoisotopic (exact) mass is 227 g/mol. The summed E-state index contributed by atoms with van der Waals surface area (Å²) in [5.41, 5.74) is 6.27. The summed E-state index contributed by atoms with van der Waals surface area (Å²) in [6.07, 6.45) is 0.190. The van der Waals surface area contributed by atoms with Gasteiger partial charge < -0.3 is 15.6 Å². The molecule has 88 valence electrons. The molecule has 1 aromatic rings. The number of rotatable bonds is 5. The first kappa shape index (κ1) is 12.4. The van der Waals surface area contributed by atoms with Crippen molar-refractivity contribution in [1.82, 2.24) is 0 Å². The first-order valence-electron chi connectivity index (χ1n) is 4.85. The molecule has 0 saturated heterocycles. The smallest absolute Gasteiger partial charge is 0.303 e. The van der Waals surface area contributed by atoms with E-state index in [0.29, 0.717) is 11.3 Å². The lowest BCUT2D eigenvalue weighted by Gasteiger charge is -2.14. The molecule has 16 heavy (non-hydrogen) atoms. The number of aliphatic carboxylic acids is 1. The number of methoxy groups -OCH3 is 1. The van der Waals surface area contributed by atoms with Crippen LogP contribution >= 0.6 is 0 Å². The molecule has 0 radical (unpaired) electrons. The summed E-state index contributed by atoms with van der Waals surface area (Å²) in [5.74, 6) is -0.869. The molecule has 1 aromatic carbocycles. The van der Waals surface area contributed by atoms with Gasteiger partial charge in [0.15, 0.2) is 0 Å². The number of carbonyl (C=O) groups is 1. The van der Waals surface area contributed by atoms with Crippen molar-refractivity contribution in [3.05, 3.63) is 29.6 Å². The average molecular weight is 227 g/mol. The molecule has 0 heterocycles. The minimum absolute atomic E-state index is 0.0547. The van der Waals surface area contributed by atoms with Gasteiger partial charge in [0.2, 0.25) is 0 Å². The number of nitrogens with two attached hydrogens (primary N) is 1. The Morgan fingerprint density at radius 2 is 2.31 bits per heavy atom. The lowest BCUT2D eigenvalue weighted by molar-refractivity contribution is -0.137. The second kappa shape index (κ2) is 5.46. The van der Waals surface area contributed by atoms with E-state index in [1.807, 2.05) is 0 Å². The lowest BCUT2D eigenvalue weighted by Crippen LogP contribution is -2.13. The maximum absolute atomic E-state index is 13.0. The Hall–Kier alpha value is -1.62. The summed E-state index contributed by atoms with van der Waals surface area (Å²) in [5, 5.41) is 8.53. The van der Waals surface area contributed by atoms with Gasteiger partial charge in [-0.25, -0.2) is 4.39 Å². The fourth-order valence-corrected chi connectivity index (χ4v) is 1.43. The highest BCUT2D eigenvalue weighted by molar-refractivity contribution is 5.66. The predicted molar refractivity (Wildman–Crippen MR) is 56.8 cm³/mol. The van der Waals surface area contributed by atoms with E-state index in [9.17, 15) is 9.18 Å². The molecule has 1 rings (SSSR count). The second-order valence-corrected chi connectivity index (χ2v) is 3.43. The number of benzene rings is 1. The molecule has 0 saturated carbocycles. The van der Waals surface area contributed by atoms with Crippen molar-refractivity contribution in [2.45, 2.75) is 18.9 Å². The molecule has 0 amide bonds. The van der Waals surface area contributed by atoms with Gasteiger partial charge in [0.25, 0.3) is 0 Å². The minimum atomic E-state index is -0.925. The maximum atomic E-state index is 13.0. The van der Waals surface area contributed by atoms with Gasteiger partial charge in [-0.05, 0) is 24.6 Å². The molecule has 0 aromatic heterocycles. The Balaban J connectivity index is 2.84. The van der Waals surface area contributed by atoms with Crippen LogP contribution in [0, 0.1) is 5.82 Å². The summed E-state index contributed by atoms with van der Waals surface area (Å²) in [6, 6.07) is 3.48. The molecular weight excluding hydrogens is 213 g/mol. The molecule has 1 unspecified atom stereocenters. The van der Waals surface area contributed by atoms with Gasteiger partial charge in [0.05, 0.1) is 7.11 Å². The summed E-state index contributed by atoms with van der Waals surface area (Å²) in [7, 11) is 1.46. The Morgan fingerprint density at radius 1 is 1.62 bits per heavy atom. The van der Waals surface area contributed by atoms with Gasteiger partial charge >= 0.3 is 5.97 Å². The first-order chi connectivity index (χ1) is 7.54. The molecule has 1 atom stereocenters. The Morgan fingerprint density at radius 3 is 2.88 bits per heavy atom. The Labute approximate surface area is 92.8 Å². The van der Waals surface area contributed by atoms with Crippen LogP contribution in [0.5, 0.6) is 5.75 Å². The van der Waals surface area contributed by atoms with Crippen molar-refractivity contribution in [3.8, 4) is 5.75 Å². The van der Waals surface area contributed by atoms with Gasteiger partial charge in [0, 0.05) is 18.0 Å². The fraction of sp³-hybridized carbons (Fsp3) is 0.364. The molecule has 0 aliphatic heterocycles. The summed E-state index contributed by atoms with van der Waals surface area (Å²) < 4.78 is 18.0. The minimum Gasteiger partial charge on any atom is -0.496 e. The van der Waals surface area contributed by atoms with Crippen molar-refractivity contribution in [1.29, 1.82) is 0 Å². The molecule has 0 fully saturated rings. The largest absolute Gasteiger partial charge is 0.496 e. The molecule has 0 bridgehead atoms. The van der Waals surface area contributed by atoms with Crippen LogP contribution in [0.25, 0.3) is 0 Å². The highest BCUT2D eigenvalue weighted by Gasteiger charge is 2.14. The van der Waals surface area contributed by atoms with Gasteiger partial charge in [-0.1, -0.05) is 0 Å². The van der Waals surface area contributed by atoms with Crippen LogP contribution in [0.2, 0.25) is 0 Å². The number of carboxylic acids is 1. The van der Waals surface area contributed by atoms with E-state index in [1.165, 1.54) is 25.3 Å². The van der Waals surface area contributed by atoms with Crippen molar-refractivity contribution >= 4 is 5.97 Å². The normalized spacial score (nSPS) is 12.2. The second-order valence-electron chi connectivity index (χ2n) is 3.43. The standard InChI is InChI=1S/C11H14FNO3/c1-16-10-4-2-7(12)6-8(10)9(13)3-5-11(14)15/h2,4,6,9H,3,5,13H2,1H3,(H,14,15). The summed E-state index contributed by atoms with van der Waals surface area (Å²) in [6.45, 7) is 0. The molecule has 3 N–H and O–H groups in total. The van der Waals surface area contributed by atoms with E-state index < -0.39 is 17.8 Å². The van der Waals surface area contributed by atoms with E-state index in [0.717, 1.165) is 0 Å². The zero-order chi connectivity index (χ0) is 12.1. The van der Waals surface area contributed by atoms with Crippen LogP contribution in [0.4, 0.5) is 4.39 Å². The predicted octanol–water partition coefficient (Wildman–Crippen LogP) is 1.70. The van der Waals surface area contributed by atoms with E-state index >= 15 is 0 Å². The zero-order valence-corrected chi connectivity index (χ0v) is 8.94. The van der Waals surface area contributed by atoms with Crippen LogP contribution in [0.3, 0.4) is 0 Å². The molecule has 4 nitrogen and oxygen atoms in total. The van der Waals surface area contributed by atoms with E-state index in [4.69, 9.17) is 15.6 Å². The van der Waals surface area contributed by atoms with E-state index in [-0.39, 0.29) is 12.8 Å². The third-order valence-corrected chi connectivity index (χ3v) is 2.26. The van der Waals surface area contributed by atoms with Crippen molar-refractivity contribution in [3.63, 3.8) is 0 Å². The number of hydrogen-bond acceptors (Lipinski definition) is 3. The fourth-order valence-electron chi connectivity index (χ4n) is 1.43. The molecule has 0 aliphatic carbocycles. The first-order valence-corrected chi connectivity index (χ1v) is 4.85. The number of hydrogen-bond donors (Lipinski definition) is 2. The van der Waals surface area contributed by atoms with Gasteiger partial charge in [-0.15, -0.1) is 0 Å². The third kappa shape index (κ3) is 3.20. The van der Waals surface area contributed by atoms with Crippen LogP contribution < -0.4 is 10.5 Å². The van der Waals surface area contributed by atoms with E-state index in [1.54, 1.807) is 0 Å². The topological polar surface area (TPSA) is 72.5 Å². The number of ether oxygens (including phenoxy) is 1. The van der Waals surface area contributed by atoms with Crippen LogP contribution in [-0.2, 0) is 4.79 Å². The van der Waals surface area contributed by atoms with Crippen LogP contribution in [0.15, 0.2) is 18.2 Å². The maximum Gasteiger partial charge on any atom is 0.303 e. The number of carboxylic acid groups (broad SMARTS) is 1. The quantitative estimate of drug-likeness (QED) is 0.803.